The second kappa shape index (κ2) is 7.40. The molecule has 0 aromatic heterocycles. The van der Waals surface area contributed by atoms with Crippen LogP contribution in [0.25, 0.3) is 0 Å². The number of halogens is 2. The van der Waals surface area contributed by atoms with Crippen LogP contribution in [0.2, 0.25) is 5.02 Å². The molecule has 0 bridgehead atoms. The minimum atomic E-state index is 0.484. The van der Waals surface area contributed by atoms with Crippen LogP contribution in [-0.4, -0.2) is 13.1 Å². The SMILES string of the molecule is CCCC1CCCN(c2ccc(CCl)c(Cl)c2)CC1. The Morgan fingerprint density at radius 1 is 1.26 bits per heavy atom. The van der Waals surface area contributed by atoms with Crippen LogP contribution in [-0.2, 0) is 5.88 Å². The van der Waals surface area contributed by atoms with E-state index in [1.807, 2.05) is 0 Å². The molecule has 1 aromatic rings. The molecule has 0 spiro atoms. The molecule has 1 aliphatic rings. The van der Waals surface area contributed by atoms with E-state index in [2.05, 4.69) is 30.0 Å². The fraction of sp³-hybridized carbons (Fsp3) is 0.625. The summed E-state index contributed by atoms with van der Waals surface area (Å²) >= 11 is 12.1. The molecule has 0 aliphatic carbocycles. The molecule has 0 saturated carbocycles. The normalized spacial score (nSPS) is 20.4. The van der Waals surface area contributed by atoms with Crippen molar-refractivity contribution in [1.29, 1.82) is 0 Å². The number of alkyl halides is 1. The molecule has 1 unspecified atom stereocenters. The topological polar surface area (TPSA) is 3.24 Å². The summed E-state index contributed by atoms with van der Waals surface area (Å²) in [7, 11) is 0. The summed E-state index contributed by atoms with van der Waals surface area (Å²) in [5.74, 6) is 1.39. The second-order valence-electron chi connectivity index (χ2n) is 5.48. The van der Waals surface area contributed by atoms with Gasteiger partial charge in [0, 0.05) is 29.7 Å². The minimum Gasteiger partial charge on any atom is -0.371 e. The summed E-state index contributed by atoms with van der Waals surface area (Å²) in [4.78, 5) is 2.47. The van der Waals surface area contributed by atoms with Crippen molar-refractivity contribution in [2.24, 2.45) is 5.92 Å². The molecule has 1 aromatic carbocycles. The maximum Gasteiger partial charge on any atom is 0.0488 e. The van der Waals surface area contributed by atoms with Gasteiger partial charge in [-0.25, -0.2) is 0 Å². The van der Waals surface area contributed by atoms with Crippen LogP contribution in [0.5, 0.6) is 0 Å². The molecule has 1 saturated heterocycles. The zero-order chi connectivity index (χ0) is 13.7. The molecule has 1 atom stereocenters. The second-order valence-corrected chi connectivity index (χ2v) is 6.16. The Morgan fingerprint density at radius 3 is 2.79 bits per heavy atom. The lowest BCUT2D eigenvalue weighted by atomic mass is 9.96. The monoisotopic (exact) mass is 299 g/mol. The van der Waals surface area contributed by atoms with E-state index in [4.69, 9.17) is 23.2 Å². The van der Waals surface area contributed by atoms with Gasteiger partial charge in [0.25, 0.3) is 0 Å². The minimum absolute atomic E-state index is 0.484. The van der Waals surface area contributed by atoms with Gasteiger partial charge < -0.3 is 4.90 Å². The van der Waals surface area contributed by atoms with E-state index in [9.17, 15) is 0 Å². The van der Waals surface area contributed by atoms with Crippen molar-refractivity contribution in [3.63, 3.8) is 0 Å². The van der Waals surface area contributed by atoms with Crippen molar-refractivity contribution >= 4 is 28.9 Å². The molecule has 1 aliphatic heterocycles. The summed E-state index contributed by atoms with van der Waals surface area (Å²) in [6.07, 6.45) is 6.65. The van der Waals surface area contributed by atoms with Crippen LogP contribution >= 0.6 is 23.2 Å². The number of anilines is 1. The Hall–Kier alpha value is -0.400. The van der Waals surface area contributed by atoms with E-state index in [1.54, 1.807) is 0 Å². The van der Waals surface area contributed by atoms with Gasteiger partial charge in [0.1, 0.15) is 0 Å². The molecule has 0 radical (unpaired) electrons. The number of hydrogen-bond donors (Lipinski definition) is 0. The lowest BCUT2D eigenvalue weighted by Crippen LogP contribution is -2.24. The molecule has 0 N–H and O–H groups in total. The third-order valence-electron chi connectivity index (χ3n) is 4.09. The quantitative estimate of drug-likeness (QED) is 0.665. The molecular weight excluding hydrogens is 277 g/mol. The van der Waals surface area contributed by atoms with Crippen LogP contribution in [0.15, 0.2) is 18.2 Å². The Bertz CT molecular complexity index is 406. The van der Waals surface area contributed by atoms with E-state index in [0.29, 0.717) is 5.88 Å². The summed E-state index contributed by atoms with van der Waals surface area (Å²) in [5.41, 5.74) is 2.27. The zero-order valence-electron chi connectivity index (χ0n) is 11.7. The summed E-state index contributed by atoms with van der Waals surface area (Å²) in [5, 5.41) is 0.793. The number of nitrogens with zero attached hydrogens (tertiary/aromatic N) is 1. The molecule has 19 heavy (non-hydrogen) atoms. The summed E-state index contributed by atoms with van der Waals surface area (Å²) in [6.45, 7) is 4.59. The maximum atomic E-state index is 6.26. The Morgan fingerprint density at radius 2 is 2.11 bits per heavy atom. The molecule has 1 heterocycles. The van der Waals surface area contributed by atoms with Gasteiger partial charge in [-0.05, 0) is 42.9 Å². The Labute approximate surface area is 126 Å². The average molecular weight is 300 g/mol. The maximum absolute atomic E-state index is 6.26. The number of rotatable bonds is 4. The van der Waals surface area contributed by atoms with Crippen LogP contribution < -0.4 is 4.90 Å². The van der Waals surface area contributed by atoms with Crippen molar-refractivity contribution in [2.45, 2.75) is 44.9 Å². The summed E-state index contributed by atoms with van der Waals surface area (Å²) in [6, 6.07) is 6.28. The van der Waals surface area contributed by atoms with Crippen molar-refractivity contribution in [2.75, 3.05) is 18.0 Å². The first-order chi connectivity index (χ1) is 9.24. The molecule has 3 heteroatoms. The Balaban J connectivity index is 2.03. The largest absolute Gasteiger partial charge is 0.371 e. The highest BCUT2D eigenvalue weighted by atomic mass is 35.5. The van der Waals surface area contributed by atoms with Crippen LogP contribution in [0.4, 0.5) is 5.69 Å². The van der Waals surface area contributed by atoms with Gasteiger partial charge in [-0.3, -0.25) is 0 Å². The molecular formula is C16H23Cl2N. The lowest BCUT2D eigenvalue weighted by molar-refractivity contribution is 0.435. The summed E-state index contributed by atoms with van der Waals surface area (Å²) < 4.78 is 0. The van der Waals surface area contributed by atoms with E-state index >= 15 is 0 Å². The fourth-order valence-corrected chi connectivity index (χ4v) is 3.50. The van der Waals surface area contributed by atoms with Gasteiger partial charge in [-0.2, -0.15) is 0 Å². The molecule has 0 amide bonds. The van der Waals surface area contributed by atoms with Crippen molar-refractivity contribution in [1.82, 2.24) is 0 Å². The number of benzene rings is 1. The molecule has 106 valence electrons. The van der Waals surface area contributed by atoms with Crippen molar-refractivity contribution in [3.05, 3.63) is 28.8 Å². The van der Waals surface area contributed by atoms with E-state index in [1.165, 1.54) is 37.8 Å². The smallest absolute Gasteiger partial charge is 0.0488 e. The number of hydrogen-bond acceptors (Lipinski definition) is 1. The third kappa shape index (κ3) is 4.03. The standard InChI is InChI=1S/C16H23Cl2N/c1-2-4-13-5-3-9-19(10-8-13)15-7-6-14(12-17)16(18)11-15/h6-7,11,13H,2-5,8-10,12H2,1H3. The van der Waals surface area contributed by atoms with Gasteiger partial charge in [-0.15, -0.1) is 11.6 Å². The van der Waals surface area contributed by atoms with Crippen LogP contribution in [0.1, 0.15) is 44.6 Å². The van der Waals surface area contributed by atoms with Gasteiger partial charge >= 0.3 is 0 Å². The lowest BCUT2D eigenvalue weighted by Gasteiger charge is -2.23. The predicted molar refractivity (Wildman–Crippen MR) is 85.5 cm³/mol. The first kappa shape index (κ1) is 15.0. The highest BCUT2D eigenvalue weighted by Gasteiger charge is 2.17. The molecule has 1 fully saturated rings. The Kier molecular flexibility index (Phi) is 5.84. The van der Waals surface area contributed by atoms with Gasteiger partial charge in [0.2, 0.25) is 0 Å². The average Bonchev–Trinajstić information content (AvgIpc) is 2.65. The molecule has 2 rings (SSSR count). The van der Waals surface area contributed by atoms with E-state index < -0.39 is 0 Å². The fourth-order valence-electron chi connectivity index (χ4n) is 2.96. The van der Waals surface area contributed by atoms with E-state index in [0.717, 1.165) is 29.6 Å². The zero-order valence-corrected chi connectivity index (χ0v) is 13.2. The van der Waals surface area contributed by atoms with Gasteiger partial charge in [-0.1, -0.05) is 37.4 Å². The third-order valence-corrected chi connectivity index (χ3v) is 4.73. The first-order valence-electron chi connectivity index (χ1n) is 7.34. The van der Waals surface area contributed by atoms with E-state index in [-0.39, 0.29) is 0 Å². The van der Waals surface area contributed by atoms with Gasteiger partial charge in [0.05, 0.1) is 0 Å². The van der Waals surface area contributed by atoms with Crippen LogP contribution in [0.3, 0.4) is 0 Å². The first-order valence-corrected chi connectivity index (χ1v) is 8.25. The molecule has 1 nitrogen and oxygen atoms in total. The highest BCUT2D eigenvalue weighted by Crippen LogP contribution is 2.29. The van der Waals surface area contributed by atoms with Crippen molar-refractivity contribution < 1.29 is 0 Å². The van der Waals surface area contributed by atoms with Crippen molar-refractivity contribution in [3.8, 4) is 0 Å². The van der Waals surface area contributed by atoms with Gasteiger partial charge in [0.15, 0.2) is 0 Å². The predicted octanol–water partition coefficient (Wildman–Crippen LogP) is 5.49. The highest BCUT2D eigenvalue weighted by molar-refractivity contribution is 6.32. The van der Waals surface area contributed by atoms with Crippen LogP contribution in [0, 0.1) is 5.92 Å².